The number of methoxy groups -OCH3 is 1. The van der Waals surface area contributed by atoms with Crippen LogP contribution in [0.1, 0.15) is 21.6 Å². The maximum absolute atomic E-state index is 13.5. The van der Waals surface area contributed by atoms with Gasteiger partial charge in [0, 0.05) is 29.2 Å². The summed E-state index contributed by atoms with van der Waals surface area (Å²) < 4.78 is 7.25. The summed E-state index contributed by atoms with van der Waals surface area (Å²) in [5.74, 6) is 6.48. The van der Waals surface area contributed by atoms with Crippen LogP contribution in [-0.2, 0) is 0 Å². The lowest BCUT2D eigenvalue weighted by molar-refractivity contribution is 0.102. The smallest absolute Gasteiger partial charge is 0.259 e. The first-order valence-corrected chi connectivity index (χ1v) is 11.3. The van der Waals surface area contributed by atoms with Gasteiger partial charge < -0.3 is 10.1 Å². The third-order valence-electron chi connectivity index (χ3n) is 5.46. The van der Waals surface area contributed by atoms with Crippen molar-refractivity contribution in [1.82, 2.24) is 14.8 Å². The zero-order chi connectivity index (χ0) is 24.7. The minimum Gasteiger partial charge on any atom is -0.496 e. The lowest BCUT2D eigenvalue weighted by Crippen LogP contribution is -2.12. The molecule has 2 heterocycles. The summed E-state index contributed by atoms with van der Waals surface area (Å²) in [5.41, 5.74) is 4.61. The molecule has 36 heavy (non-hydrogen) atoms. The highest BCUT2D eigenvalue weighted by atomic mass is 16.5. The minimum absolute atomic E-state index is 0.284. The highest BCUT2D eigenvalue weighted by molar-refractivity contribution is 6.08. The molecule has 5 rings (SSSR count). The number of ether oxygens (including phenoxy) is 1. The van der Waals surface area contributed by atoms with Gasteiger partial charge >= 0.3 is 0 Å². The van der Waals surface area contributed by atoms with Gasteiger partial charge in [-0.1, -0.05) is 48.4 Å². The van der Waals surface area contributed by atoms with Crippen LogP contribution >= 0.6 is 0 Å². The molecule has 0 spiro atoms. The molecule has 6 nitrogen and oxygen atoms in total. The van der Waals surface area contributed by atoms with E-state index in [1.54, 1.807) is 24.2 Å². The minimum atomic E-state index is -0.284. The van der Waals surface area contributed by atoms with Crippen molar-refractivity contribution in [2.24, 2.45) is 0 Å². The number of benzene rings is 3. The number of hydrogen-bond acceptors (Lipinski definition) is 4. The van der Waals surface area contributed by atoms with Crippen molar-refractivity contribution in [2.75, 3.05) is 12.4 Å². The fourth-order valence-electron chi connectivity index (χ4n) is 3.74. The predicted molar refractivity (Wildman–Crippen MR) is 140 cm³/mol. The Bertz CT molecular complexity index is 1570. The maximum atomic E-state index is 13.5. The molecule has 2 aromatic heterocycles. The fourth-order valence-corrected chi connectivity index (χ4v) is 3.74. The number of pyridine rings is 1. The molecule has 6 heteroatoms. The van der Waals surface area contributed by atoms with Crippen LogP contribution in [0.5, 0.6) is 5.75 Å². The molecule has 0 saturated heterocycles. The summed E-state index contributed by atoms with van der Waals surface area (Å²) >= 11 is 0. The van der Waals surface area contributed by atoms with E-state index in [0.717, 1.165) is 16.8 Å². The third kappa shape index (κ3) is 5.01. The molecular formula is C30H22N4O2. The Balaban J connectivity index is 1.48. The third-order valence-corrected chi connectivity index (χ3v) is 5.46. The number of rotatable bonds is 5. The summed E-state index contributed by atoms with van der Waals surface area (Å²) in [4.78, 5) is 17.7. The van der Waals surface area contributed by atoms with Gasteiger partial charge in [0.2, 0.25) is 0 Å². The molecule has 0 aliphatic carbocycles. The van der Waals surface area contributed by atoms with Gasteiger partial charge in [-0.2, -0.15) is 5.10 Å². The topological polar surface area (TPSA) is 69.0 Å². The van der Waals surface area contributed by atoms with Crippen LogP contribution in [-0.4, -0.2) is 27.8 Å². The number of hydrogen-bond donors (Lipinski definition) is 1. The van der Waals surface area contributed by atoms with Gasteiger partial charge in [-0.05, 0) is 60.5 Å². The van der Waals surface area contributed by atoms with E-state index in [0.29, 0.717) is 28.4 Å². The summed E-state index contributed by atoms with van der Waals surface area (Å²) in [6, 6.07) is 30.2. The van der Waals surface area contributed by atoms with Crippen LogP contribution in [0.25, 0.3) is 16.9 Å². The van der Waals surface area contributed by atoms with E-state index < -0.39 is 0 Å². The lowest BCUT2D eigenvalue weighted by atomic mass is 10.1. The van der Waals surface area contributed by atoms with Gasteiger partial charge in [-0.15, -0.1) is 0 Å². The van der Waals surface area contributed by atoms with Crippen LogP contribution in [0.4, 0.5) is 5.69 Å². The largest absolute Gasteiger partial charge is 0.496 e. The van der Waals surface area contributed by atoms with Gasteiger partial charge in [-0.3, -0.25) is 4.79 Å². The van der Waals surface area contributed by atoms with Crippen molar-refractivity contribution in [2.45, 2.75) is 0 Å². The Hall–Kier alpha value is -5.15. The Morgan fingerprint density at radius 2 is 1.69 bits per heavy atom. The SMILES string of the molecule is COc1ccccc1-c1nn(-c2ccccc2)cc1C(=O)Nc1cccc(C#Cc2ccccn2)c1. The van der Waals surface area contributed by atoms with Crippen molar-refractivity contribution in [1.29, 1.82) is 0 Å². The van der Waals surface area contributed by atoms with Crippen LogP contribution < -0.4 is 10.1 Å². The van der Waals surface area contributed by atoms with Crippen molar-refractivity contribution < 1.29 is 9.53 Å². The van der Waals surface area contributed by atoms with Crippen molar-refractivity contribution in [3.8, 4) is 34.5 Å². The second kappa shape index (κ2) is 10.4. The number of anilines is 1. The molecule has 0 saturated carbocycles. The second-order valence-electron chi connectivity index (χ2n) is 7.87. The summed E-state index contributed by atoms with van der Waals surface area (Å²) in [7, 11) is 1.60. The van der Waals surface area contributed by atoms with E-state index in [4.69, 9.17) is 9.84 Å². The molecular weight excluding hydrogens is 448 g/mol. The van der Waals surface area contributed by atoms with Crippen LogP contribution in [0, 0.1) is 11.8 Å². The molecule has 5 aromatic rings. The van der Waals surface area contributed by atoms with Crippen molar-refractivity contribution in [3.63, 3.8) is 0 Å². The van der Waals surface area contributed by atoms with Crippen LogP contribution in [0.2, 0.25) is 0 Å². The number of carbonyl (C=O) groups is 1. The molecule has 174 valence electrons. The zero-order valence-corrected chi connectivity index (χ0v) is 19.6. The number of aromatic nitrogens is 3. The molecule has 1 amide bonds. The van der Waals surface area contributed by atoms with Crippen LogP contribution in [0.3, 0.4) is 0 Å². The molecule has 0 aliphatic rings. The second-order valence-corrected chi connectivity index (χ2v) is 7.87. The lowest BCUT2D eigenvalue weighted by Gasteiger charge is -2.09. The van der Waals surface area contributed by atoms with E-state index >= 15 is 0 Å². The van der Waals surface area contributed by atoms with E-state index in [9.17, 15) is 4.79 Å². The van der Waals surface area contributed by atoms with Gasteiger partial charge in [0.15, 0.2) is 0 Å². The normalized spacial score (nSPS) is 10.2. The Morgan fingerprint density at radius 1 is 0.889 bits per heavy atom. The molecule has 0 radical (unpaired) electrons. The fraction of sp³-hybridized carbons (Fsp3) is 0.0333. The van der Waals surface area contributed by atoms with E-state index in [1.807, 2.05) is 97.1 Å². The Labute approximate surface area is 209 Å². The molecule has 0 bridgehead atoms. The maximum Gasteiger partial charge on any atom is 0.259 e. The standard InChI is InChI=1S/C30H22N4O2/c1-36-28-16-6-5-15-26(28)29-27(21-34(33-29)25-13-3-2-4-14-25)30(35)32-24-12-9-10-22(20-24)17-18-23-11-7-8-19-31-23/h2-16,19-21H,1H3,(H,32,35). The average molecular weight is 471 g/mol. The van der Waals surface area contributed by atoms with Gasteiger partial charge in [0.25, 0.3) is 5.91 Å². The van der Waals surface area contributed by atoms with Gasteiger partial charge in [-0.25, -0.2) is 9.67 Å². The van der Waals surface area contributed by atoms with Crippen molar-refractivity contribution >= 4 is 11.6 Å². The molecule has 1 N–H and O–H groups in total. The zero-order valence-electron chi connectivity index (χ0n) is 19.6. The highest BCUT2D eigenvalue weighted by Gasteiger charge is 2.21. The number of nitrogens with zero attached hydrogens (tertiary/aromatic N) is 3. The first-order valence-electron chi connectivity index (χ1n) is 11.3. The van der Waals surface area contributed by atoms with Crippen molar-refractivity contribution in [3.05, 3.63) is 126 Å². The van der Waals surface area contributed by atoms with Gasteiger partial charge in [0.05, 0.1) is 18.4 Å². The number of nitrogens with one attached hydrogen (secondary N) is 1. The molecule has 3 aromatic carbocycles. The van der Waals surface area contributed by atoms with Gasteiger partial charge in [0.1, 0.15) is 17.1 Å². The Kier molecular flexibility index (Phi) is 6.55. The Morgan fingerprint density at radius 3 is 2.50 bits per heavy atom. The predicted octanol–water partition coefficient (Wildman–Crippen LogP) is 5.60. The molecule has 0 aliphatic heterocycles. The summed E-state index contributed by atoms with van der Waals surface area (Å²) in [5, 5.41) is 7.74. The van der Waals surface area contributed by atoms with Crippen LogP contribution in [0.15, 0.2) is 109 Å². The summed E-state index contributed by atoms with van der Waals surface area (Å²) in [6.07, 6.45) is 3.44. The average Bonchev–Trinajstić information content (AvgIpc) is 3.39. The molecule has 0 atom stereocenters. The van der Waals surface area contributed by atoms with E-state index in [1.165, 1.54) is 0 Å². The quantitative estimate of drug-likeness (QED) is 0.340. The highest BCUT2D eigenvalue weighted by Crippen LogP contribution is 2.32. The molecule has 0 unspecified atom stereocenters. The van der Waals surface area contributed by atoms with E-state index in [2.05, 4.69) is 22.1 Å². The number of amides is 1. The van der Waals surface area contributed by atoms with E-state index in [-0.39, 0.29) is 5.91 Å². The molecule has 0 fully saturated rings. The summed E-state index contributed by atoms with van der Waals surface area (Å²) in [6.45, 7) is 0. The monoisotopic (exact) mass is 470 g/mol. The number of carbonyl (C=O) groups excluding carboxylic acids is 1. The number of para-hydroxylation sites is 2. The first-order chi connectivity index (χ1) is 17.7. The first kappa shape index (κ1) is 22.6.